The first kappa shape index (κ1) is 30.2. The fraction of sp³-hybridized carbons (Fsp3) is 0.484. The molecule has 2 aliphatic heterocycles. The first-order valence-corrected chi connectivity index (χ1v) is 14.4. The second kappa shape index (κ2) is 11.8. The second-order valence-electron chi connectivity index (χ2n) is 12.0. The number of piperazine rings is 1. The predicted molar refractivity (Wildman–Crippen MR) is 158 cm³/mol. The molecule has 5 rings (SSSR count). The summed E-state index contributed by atoms with van der Waals surface area (Å²) in [6.07, 6.45) is 1.35. The zero-order valence-corrected chi connectivity index (χ0v) is 25.1. The number of halogens is 2. The van der Waals surface area contributed by atoms with Crippen LogP contribution in [0.4, 0.5) is 19.3 Å². The lowest BCUT2D eigenvalue weighted by atomic mass is 10.0. The topological polar surface area (TPSA) is 104 Å². The number of likely N-dealkylation sites (tertiary alicyclic amines) is 1. The summed E-state index contributed by atoms with van der Waals surface area (Å²) < 4.78 is 43.3. The molecule has 3 aromatic rings. The van der Waals surface area contributed by atoms with Crippen molar-refractivity contribution in [2.24, 2.45) is 0 Å². The Balaban J connectivity index is 1.67. The van der Waals surface area contributed by atoms with Gasteiger partial charge >= 0.3 is 6.09 Å². The minimum atomic E-state index is -0.823. The second-order valence-corrected chi connectivity index (χ2v) is 12.0. The van der Waals surface area contributed by atoms with Gasteiger partial charge in [0.05, 0.1) is 18.4 Å². The van der Waals surface area contributed by atoms with Crippen LogP contribution in [-0.4, -0.2) is 84.0 Å². The van der Waals surface area contributed by atoms with Gasteiger partial charge in [-0.15, -0.1) is 0 Å². The highest BCUT2D eigenvalue weighted by molar-refractivity contribution is 5.94. The number of benzene rings is 1. The Hall–Kier alpha value is -4.24. The lowest BCUT2D eigenvalue weighted by Crippen LogP contribution is -2.50. The van der Waals surface area contributed by atoms with Crippen LogP contribution in [0.2, 0.25) is 0 Å². The zero-order valence-electron chi connectivity index (χ0n) is 25.1. The molecule has 0 radical (unpaired) electrons. The Morgan fingerprint density at radius 3 is 2.47 bits per heavy atom. The van der Waals surface area contributed by atoms with Crippen LogP contribution >= 0.6 is 0 Å². The van der Waals surface area contributed by atoms with Gasteiger partial charge < -0.3 is 24.2 Å². The number of fused-ring (bicyclic) bond motifs is 1. The van der Waals surface area contributed by atoms with Gasteiger partial charge in [0.25, 0.3) is 5.56 Å². The van der Waals surface area contributed by atoms with Crippen LogP contribution in [0.1, 0.15) is 39.2 Å². The summed E-state index contributed by atoms with van der Waals surface area (Å²) in [6.45, 7) is 7.58. The van der Waals surface area contributed by atoms with Gasteiger partial charge in [0.15, 0.2) is 5.82 Å². The number of carbonyl (C=O) groups excluding carboxylic acids is 1. The number of anilines is 1. The van der Waals surface area contributed by atoms with E-state index in [9.17, 15) is 14.9 Å². The number of amides is 1. The summed E-state index contributed by atoms with van der Waals surface area (Å²) >= 11 is 0. The van der Waals surface area contributed by atoms with Crippen LogP contribution in [0.15, 0.2) is 29.1 Å². The molecule has 0 aliphatic carbocycles. The van der Waals surface area contributed by atoms with Crippen LogP contribution in [0.25, 0.3) is 22.3 Å². The maximum atomic E-state index is 16.0. The summed E-state index contributed by atoms with van der Waals surface area (Å²) in [5.41, 5.74) is -1.38. The molecule has 1 aromatic carbocycles. The third-order valence-corrected chi connectivity index (χ3v) is 8.02. The van der Waals surface area contributed by atoms with Crippen LogP contribution in [0.3, 0.4) is 0 Å². The summed E-state index contributed by atoms with van der Waals surface area (Å²) in [7, 11) is 3.33. The minimum absolute atomic E-state index is 0.00830. The van der Waals surface area contributed by atoms with Crippen LogP contribution in [0.5, 0.6) is 5.75 Å². The smallest absolute Gasteiger partial charge is 0.410 e. The molecular weight excluding hydrogens is 558 g/mol. The van der Waals surface area contributed by atoms with Crippen LogP contribution in [0, 0.1) is 23.0 Å². The first-order chi connectivity index (χ1) is 20.4. The quantitative estimate of drug-likeness (QED) is 0.429. The number of rotatable bonds is 5. The maximum absolute atomic E-state index is 16.0. The number of hydrogen-bond acceptors (Lipinski definition) is 8. The van der Waals surface area contributed by atoms with Crippen molar-refractivity contribution in [3.63, 3.8) is 0 Å². The Kier molecular flexibility index (Phi) is 8.29. The summed E-state index contributed by atoms with van der Waals surface area (Å²) in [4.78, 5) is 36.7. The molecule has 10 nitrogen and oxygen atoms in total. The van der Waals surface area contributed by atoms with Crippen molar-refractivity contribution < 1.29 is 23.0 Å². The van der Waals surface area contributed by atoms with Gasteiger partial charge in [-0.2, -0.15) is 5.26 Å². The highest BCUT2D eigenvalue weighted by Gasteiger charge is 2.32. The molecule has 12 heteroatoms. The Morgan fingerprint density at radius 1 is 1.14 bits per heavy atom. The largest absolute Gasteiger partial charge is 0.496 e. The Bertz CT molecular complexity index is 1650. The molecule has 0 bridgehead atoms. The number of likely N-dealkylation sites (N-methyl/N-ethyl adjacent to an activating group) is 1. The van der Waals surface area contributed by atoms with Crippen molar-refractivity contribution in [3.8, 4) is 23.1 Å². The molecule has 0 N–H and O–H groups in total. The van der Waals surface area contributed by atoms with Crippen LogP contribution in [-0.2, 0) is 11.3 Å². The van der Waals surface area contributed by atoms with E-state index >= 15 is 8.78 Å². The molecule has 2 aliphatic rings. The fourth-order valence-corrected chi connectivity index (χ4v) is 5.86. The lowest BCUT2D eigenvalue weighted by Gasteiger charge is -2.37. The van der Waals surface area contributed by atoms with E-state index in [1.54, 1.807) is 30.6 Å². The monoisotopic (exact) mass is 594 g/mol. The highest BCUT2D eigenvalue weighted by Crippen LogP contribution is 2.37. The van der Waals surface area contributed by atoms with Gasteiger partial charge in [0.2, 0.25) is 0 Å². The first-order valence-electron chi connectivity index (χ1n) is 14.4. The van der Waals surface area contributed by atoms with Gasteiger partial charge in [0.1, 0.15) is 40.1 Å². The van der Waals surface area contributed by atoms with E-state index in [4.69, 9.17) is 9.47 Å². The third kappa shape index (κ3) is 5.86. The number of nitrogens with zero attached hydrogens (tertiary/aromatic N) is 6. The summed E-state index contributed by atoms with van der Waals surface area (Å²) in [5, 5.41) is 10.5. The number of carbonyl (C=O) groups is 1. The van der Waals surface area contributed by atoms with Crippen molar-refractivity contribution in [2.45, 2.75) is 51.8 Å². The molecular formula is C31H36F2N6O4. The van der Waals surface area contributed by atoms with E-state index in [2.05, 4.69) is 16.0 Å². The molecule has 2 fully saturated rings. The molecule has 228 valence electrons. The van der Waals surface area contributed by atoms with E-state index < -0.39 is 28.9 Å². The van der Waals surface area contributed by atoms with Gasteiger partial charge in [-0.05, 0) is 65.4 Å². The molecule has 43 heavy (non-hydrogen) atoms. The summed E-state index contributed by atoms with van der Waals surface area (Å²) in [6, 6.07) is 7.45. The number of ether oxygens (including phenoxy) is 2. The number of hydrogen-bond donors (Lipinski definition) is 0. The Labute approximate surface area is 249 Å². The van der Waals surface area contributed by atoms with E-state index in [1.165, 1.54) is 35.9 Å². The molecule has 0 spiro atoms. The molecule has 1 unspecified atom stereocenters. The van der Waals surface area contributed by atoms with Gasteiger partial charge in [0, 0.05) is 44.2 Å². The number of aromatic nitrogens is 2. The normalized spacial score (nSPS) is 17.8. The van der Waals surface area contributed by atoms with E-state index in [-0.39, 0.29) is 78.1 Å². The van der Waals surface area contributed by atoms with Crippen molar-refractivity contribution in [1.29, 1.82) is 5.26 Å². The zero-order chi connectivity index (χ0) is 31.1. The highest BCUT2D eigenvalue weighted by atomic mass is 19.1. The van der Waals surface area contributed by atoms with Gasteiger partial charge in [-0.3, -0.25) is 9.36 Å². The fourth-order valence-electron chi connectivity index (χ4n) is 5.86. The number of pyridine rings is 2. The van der Waals surface area contributed by atoms with Gasteiger partial charge in [-0.25, -0.2) is 18.6 Å². The number of nitriles is 1. The van der Waals surface area contributed by atoms with E-state index in [0.29, 0.717) is 0 Å². The van der Waals surface area contributed by atoms with Crippen molar-refractivity contribution >= 4 is 22.8 Å². The molecule has 2 aromatic heterocycles. The van der Waals surface area contributed by atoms with Gasteiger partial charge in [-0.1, -0.05) is 6.07 Å². The summed E-state index contributed by atoms with van der Waals surface area (Å²) in [5.74, 6) is -1.44. The standard InChI is InChI=1S/C31H36F2N6O4/c1-31(2,3)43-30(41)38-14-12-37(13-15-38)27-20-16-23(33)26(25-22(32)9-6-10-24(25)42-5)35-28(20)39(29(40)21(27)17-34)18-19-8-7-11-36(19)4/h6,9-10,16,19H,7-8,11-15,18H2,1-5H3. The third-order valence-electron chi connectivity index (χ3n) is 8.02. The lowest BCUT2D eigenvalue weighted by molar-refractivity contribution is 0.0240. The SMILES string of the molecule is COc1cccc(F)c1-c1nc2c(cc1F)c(N1CCN(C(=O)OC(C)(C)C)CC1)c(C#N)c(=O)n2CC1CCCN1C. The number of methoxy groups -OCH3 is 1. The molecule has 0 saturated carbocycles. The van der Waals surface area contributed by atoms with E-state index in [0.717, 1.165) is 19.4 Å². The molecule has 1 amide bonds. The molecule has 4 heterocycles. The van der Waals surface area contributed by atoms with E-state index in [1.807, 2.05) is 7.05 Å². The van der Waals surface area contributed by atoms with Crippen molar-refractivity contribution in [2.75, 3.05) is 51.8 Å². The average molecular weight is 595 g/mol. The average Bonchev–Trinajstić information content (AvgIpc) is 3.37. The van der Waals surface area contributed by atoms with Crippen molar-refractivity contribution in [1.82, 2.24) is 19.4 Å². The molecule has 2 saturated heterocycles. The predicted octanol–water partition coefficient (Wildman–Crippen LogP) is 4.37. The van der Waals surface area contributed by atoms with Crippen LogP contribution < -0.4 is 15.2 Å². The minimum Gasteiger partial charge on any atom is -0.496 e. The van der Waals surface area contributed by atoms with Crippen molar-refractivity contribution in [3.05, 3.63) is 51.8 Å². The Morgan fingerprint density at radius 2 is 1.86 bits per heavy atom. The molecule has 1 atom stereocenters. The maximum Gasteiger partial charge on any atom is 0.410 e.